The number of nitrogens with zero attached hydrogens (tertiary/aromatic N) is 2. The number of rotatable bonds is 6. The van der Waals surface area contributed by atoms with E-state index in [4.69, 9.17) is 0 Å². The van der Waals surface area contributed by atoms with Crippen LogP contribution in [0.2, 0.25) is 0 Å². The SMILES string of the molecule is CN1CCN(C(CNS(=O)(=O)c2ccccc2F)c2ccsc2)CC1. The van der Waals surface area contributed by atoms with Crippen LogP contribution in [0, 0.1) is 5.82 Å². The Morgan fingerprint density at radius 2 is 1.92 bits per heavy atom. The van der Waals surface area contributed by atoms with Crippen molar-refractivity contribution in [2.75, 3.05) is 39.8 Å². The molecule has 0 amide bonds. The summed E-state index contributed by atoms with van der Waals surface area (Å²) >= 11 is 1.59. The Hall–Kier alpha value is -1.32. The average molecular weight is 384 g/mol. The summed E-state index contributed by atoms with van der Waals surface area (Å²) in [7, 11) is -1.80. The van der Waals surface area contributed by atoms with Crippen LogP contribution in [0.4, 0.5) is 4.39 Å². The van der Waals surface area contributed by atoms with E-state index in [1.165, 1.54) is 18.2 Å². The maximum absolute atomic E-state index is 13.8. The van der Waals surface area contributed by atoms with E-state index in [2.05, 4.69) is 21.6 Å². The predicted octanol–water partition coefficient (Wildman–Crippen LogP) is 2.15. The van der Waals surface area contributed by atoms with E-state index >= 15 is 0 Å². The molecule has 25 heavy (non-hydrogen) atoms. The molecule has 8 heteroatoms. The zero-order valence-electron chi connectivity index (χ0n) is 14.1. The molecule has 0 aliphatic carbocycles. The topological polar surface area (TPSA) is 52.6 Å². The van der Waals surface area contributed by atoms with Gasteiger partial charge in [-0.05, 0) is 41.6 Å². The monoisotopic (exact) mass is 383 g/mol. The van der Waals surface area contributed by atoms with Crippen molar-refractivity contribution in [3.05, 3.63) is 52.5 Å². The Labute approximate surface area is 152 Å². The van der Waals surface area contributed by atoms with E-state index in [0.29, 0.717) is 0 Å². The van der Waals surface area contributed by atoms with E-state index in [1.807, 2.05) is 16.8 Å². The summed E-state index contributed by atoms with van der Waals surface area (Å²) in [5.41, 5.74) is 1.09. The lowest BCUT2D eigenvalue weighted by molar-refractivity contribution is 0.113. The Balaban J connectivity index is 1.76. The maximum atomic E-state index is 13.8. The predicted molar refractivity (Wildman–Crippen MR) is 97.7 cm³/mol. The third kappa shape index (κ3) is 4.45. The van der Waals surface area contributed by atoms with E-state index in [0.717, 1.165) is 37.8 Å². The molecule has 136 valence electrons. The van der Waals surface area contributed by atoms with Gasteiger partial charge < -0.3 is 4.90 Å². The van der Waals surface area contributed by atoms with Crippen LogP contribution in [0.15, 0.2) is 46.0 Å². The Kier molecular flexibility index (Phi) is 5.85. The van der Waals surface area contributed by atoms with Crippen molar-refractivity contribution in [2.24, 2.45) is 0 Å². The summed E-state index contributed by atoms with van der Waals surface area (Å²) in [5, 5.41) is 4.03. The highest BCUT2D eigenvalue weighted by atomic mass is 32.2. The van der Waals surface area contributed by atoms with Crippen molar-refractivity contribution < 1.29 is 12.8 Å². The summed E-state index contributed by atoms with van der Waals surface area (Å²) in [6, 6.07) is 7.41. The fraction of sp³-hybridized carbons (Fsp3) is 0.412. The number of benzene rings is 1. The lowest BCUT2D eigenvalue weighted by Gasteiger charge is -2.37. The normalized spacial score (nSPS) is 18.3. The van der Waals surface area contributed by atoms with Gasteiger partial charge in [0.1, 0.15) is 10.7 Å². The first-order valence-electron chi connectivity index (χ1n) is 8.16. The molecule has 0 spiro atoms. The summed E-state index contributed by atoms with van der Waals surface area (Å²) in [4.78, 5) is 4.23. The van der Waals surface area contributed by atoms with Crippen LogP contribution in [0.1, 0.15) is 11.6 Å². The second-order valence-electron chi connectivity index (χ2n) is 6.19. The van der Waals surface area contributed by atoms with E-state index < -0.39 is 15.8 Å². The largest absolute Gasteiger partial charge is 0.304 e. The van der Waals surface area contributed by atoms with E-state index in [9.17, 15) is 12.8 Å². The number of piperazine rings is 1. The molecule has 1 atom stereocenters. The van der Waals surface area contributed by atoms with Crippen molar-refractivity contribution in [1.82, 2.24) is 14.5 Å². The van der Waals surface area contributed by atoms with Crippen molar-refractivity contribution in [2.45, 2.75) is 10.9 Å². The average Bonchev–Trinajstić information content (AvgIpc) is 3.11. The number of hydrogen-bond acceptors (Lipinski definition) is 5. The summed E-state index contributed by atoms with van der Waals surface area (Å²) in [6.45, 7) is 3.86. The molecule has 0 saturated carbocycles. The van der Waals surface area contributed by atoms with Gasteiger partial charge in [-0.1, -0.05) is 12.1 Å². The fourth-order valence-electron chi connectivity index (χ4n) is 2.99. The maximum Gasteiger partial charge on any atom is 0.243 e. The van der Waals surface area contributed by atoms with E-state index in [1.54, 1.807) is 11.3 Å². The minimum Gasteiger partial charge on any atom is -0.304 e. The van der Waals surface area contributed by atoms with Gasteiger partial charge in [0.15, 0.2) is 0 Å². The van der Waals surface area contributed by atoms with Gasteiger partial charge in [-0.2, -0.15) is 11.3 Å². The molecular weight excluding hydrogens is 361 g/mol. The lowest BCUT2D eigenvalue weighted by atomic mass is 10.1. The number of nitrogens with one attached hydrogen (secondary N) is 1. The zero-order valence-corrected chi connectivity index (χ0v) is 15.7. The van der Waals surface area contributed by atoms with Gasteiger partial charge in [0, 0.05) is 38.8 Å². The molecule has 1 aromatic carbocycles. The van der Waals surface area contributed by atoms with Crippen molar-refractivity contribution >= 4 is 21.4 Å². The lowest BCUT2D eigenvalue weighted by Crippen LogP contribution is -2.48. The van der Waals surface area contributed by atoms with Crippen molar-refractivity contribution in [3.63, 3.8) is 0 Å². The first kappa shape index (κ1) is 18.5. The van der Waals surface area contributed by atoms with Gasteiger partial charge in [-0.25, -0.2) is 17.5 Å². The molecule has 1 aliphatic rings. The highest BCUT2D eigenvalue weighted by Crippen LogP contribution is 2.24. The van der Waals surface area contributed by atoms with Gasteiger partial charge in [0.25, 0.3) is 0 Å². The smallest absolute Gasteiger partial charge is 0.243 e. The quantitative estimate of drug-likeness (QED) is 0.831. The van der Waals surface area contributed by atoms with Gasteiger partial charge in [-0.3, -0.25) is 4.90 Å². The first-order valence-corrected chi connectivity index (χ1v) is 10.6. The summed E-state index contributed by atoms with van der Waals surface area (Å²) < 4.78 is 41.4. The van der Waals surface area contributed by atoms with Gasteiger partial charge in [0.2, 0.25) is 10.0 Å². The van der Waals surface area contributed by atoms with Crippen molar-refractivity contribution in [1.29, 1.82) is 0 Å². The minimum absolute atomic E-state index is 0.0542. The molecular formula is C17H22FN3O2S2. The van der Waals surface area contributed by atoms with Crippen LogP contribution in [0.5, 0.6) is 0 Å². The highest BCUT2D eigenvalue weighted by Gasteiger charge is 2.27. The first-order chi connectivity index (χ1) is 12.0. The van der Waals surface area contributed by atoms with Gasteiger partial charge in [0.05, 0.1) is 0 Å². The minimum atomic E-state index is -3.89. The molecule has 3 rings (SSSR count). The third-order valence-electron chi connectivity index (χ3n) is 4.50. The summed E-state index contributed by atoms with van der Waals surface area (Å²) in [6.07, 6.45) is 0. The number of halogens is 1. The molecule has 1 unspecified atom stereocenters. The van der Waals surface area contributed by atoms with Crippen LogP contribution < -0.4 is 4.72 Å². The molecule has 1 aliphatic heterocycles. The van der Waals surface area contributed by atoms with Gasteiger partial charge in [-0.15, -0.1) is 0 Å². The Morgan fingerprint density at radius 3 is 2.56 bits per heavy atom. The van der Waals surface area contributed by atoms with Crippen LogP contribution in [0.3, 0.4) is 0 Å². The second kappa shape index (κ2) is 7.92. The molecule has 5 nitrogen and oxygen atoms in total. The summed E-state index contributed by atoms with van der Waals surface area (Å²) in [5.74, 6) is -0.735. The van der Waals surface area contributed by atoms with Crippen LogP contribution >= 0.6 is 11.3 Å². The number of sulfonamides is 1. The third-order valence-corrected chi connectivity index (χ3v) is 6.66. The number of thiophene rings is 1. The van der Waals surface area contributed by atoms with Crippen LogP contribution in [-0.4, -0.2) is 58.0 Å². The molecule has 1 N–H and O–H groups in total. The molecule has 2 aromatic rings. The fourth-order valence-corrected chi connectivity index (χ4v) is 4.81. The van der Waals surface area contributed by atoms with Crippen molar-refractivity contribution in [3.8, 4) is 0 Å². The van der Waals surface area contributed by atoms with Crippen LogP contribution in [-0.2, 0) is 10.0 Å². The Morgan fingerprint density at radius 1 is 1.20 bits per heavy atom. The Bertz CT molecular complexity index is 788. The van der Waals surface area contributed by atoms with E-state index in [-0.39, 0.29) is 17.5 Å². The highest BCUT2D eigenvalue weighted by molar-refractivity contribution is 7.89. The number of hydrogen-bond donors (Lipinski definition) is 1. The van der Waals surface area contributed by atoms with Crippen LogP contribution in [0.25, 0.3) is 0 Å². The standard InChI is InChI=1S/C17H22FN3O2S2/c1-20-7-9-21(10-8-20)16(14-6-11-24-13-14)12-19-25(22,23)17-5-3-2-4-15(17)18/h2-6,11,13,16,19H,7-10,12H2,1H3. The molecule has 1 saturated heterocycles. The molecule has 2 heterocycles. The molecule has 1 aromatic heterocycles. The molecule has 1 fully saturated rings. The number of likely N-dealkylation sites (N-methyl/N-ethyl adjacent to an activating group) is 1. The zero-order chi connectivity index (χ0) is 17.9. The van der Waals surface area contributed by atoms with Gasteiger partial charge >= 0.3 is 0 Å². The second-order valence-corrected chi connectivity index (χ2v) is 8.71. The molecule has 0 radical (unpaired) electrons. The molecule has 0 bridgehead atoms.